The second-order valence-electron chi connectivity index (χ2n) is 4.60. The first kappa shape index (κ1) is 13.4. The molecule has 0 bridgehead atoms. The lowest BCUT2D eigenvalue weighted by atomic mass is 10.1. The third-order valence-electron chi connectivity index (χ3n) is 1.71. The van der Waals surface area contributed by atoms with Crippen molar-refractivity contribution in [3.8, 4) is 0 Å². The number of hydrogen-bond acceptors (Lipinski definition) is 3. The van der Waals surface area contributed by atoms with E-state index in [-0.39, 0.29) is 5.91 Å². The first-order valence-corrected chi connectivity index (χ1v) is 4.92. The monoisotopic (exact) mass is 202 g/mol. The lowest BCUT2D eigenvalue weighted by Gasteiger charge is -2.26. The molecule has 0 unspecified atom stereocenters. The summed E-state index contributed by atoms with van der Waals surface area (Å²) >= 11 is 0. The molecule has 0 aromatic carbocycles. The van der Waals surface area contributed by atoms with Crippen LogP contribution in [-0.4, -0.2) is 47.7 Å². The number of likely N-dealkylation sites (N-methyl/N-ethyl adjacent to an activating group) is 1. The Morgan fingerprint density at radius 1 is 1.50 bits per heavy atom. The molecule has 0 aliphatic heterocycles. The maximum Gasteiger partial charge on any atom is 0.236 e. The summed E-state index contributed by atoms with van der Waals surface area (Å²) in [7, 11) is 1.70. The topological polar surface area (TPSA) is 52.6 Å². The molecule has 0 heterocycles. The lowest BCUT2D eigenvalue weighted by molar-refractivity contribution is -0.131. The molecule has 2 N–H and O–H groups in total. The molecule has 0 rings (SSSR count). The number of amides is 1. The van der Waals surface area contributed by atoms with E-state index >= 15 is 0 Å². The predicted octanol–water partition coefficient (Wildman–Crippen LogP) is 0.214. The van der Waals surface area contributed by atoms with Crippen LogP contribution in [0.4, 0.5) is 0 Å². The van der Waals surface area contributed by atoms with Crippen molar-refractivity contribution in [3.05, 3.63) is 0 Å². The maximum atomic E-state index is 11.5. The van der Waals surface area contributed by atoms with Crippen LogP contribution < -0.4 is 5.32 Å². The molecule has 4 nitrogen and oxygen atoms in total. The molecule has 4 heteroatoms. The molecule has 0 radical (unpaired) electrons. The van der Waals surface area contributed by atoms with Crippen molar-refractivity contribution >= 4 is 5.91 Å². The molecule has 0 fully saturated rings. The molecule has 0 saturated heterocycles. The number of hydrogen-bond donors (Lipinski definition) is 2. The Balaban J connectivity index is 3.88. The molecular weight excluding hydrogens is 180 g/mol. The molecule has 0 aromatic heterocycles. The average Bonchev–Trinajstić information content (AvgIpc) is 1.96. The molecule has 84 valence electrons. The van der Waals surface area contributed by atoms with Crippen molar-refractivity contribution in [2.24, 2.45) is 0 Å². The van der Waals surface area contributed by atoms with E-state index in [4.69, 9.17) is 0 Å². The van der Waals surface area contributed by atoms with Crippen LogP contribution in [0.25, 0.3) is 0 Å². The summed E-state index contributed by atoms with van der Waals surface area (Å²) < 4.78 is 0. The summed E-state index contributed by atoms with van der Waals surface area (Å²) in [5.41, 5.74) is -0.831. The molecule has 0 aliphatic rings. The molecule has 14 heavy (non-hydrogen) atoms. The summed E-state index contributed by atoms with van der Waals surface area (Å²) in [6.45, 7) is 8.03. The van der Waals surface area contributed by atoms with Crippen LogP contribution in [0.2, 0.25) is 0 Å². The van der Waals surface area contributed by atoms with E-state index in [1.807, 2.05) is 13.8 Å². The van der Waals surface area contributed by atoms with Gasteiger partial charge < -0.3 is 15.3 Å². The van der Waals surface area contributed by atoms with Crippen LogP contribution in [0.3, 0.4) is 0 Å². The predicted molar refractivity (Wildman–Crippen MR) is 57.1 cm³/mol. The quantitative estimate of drug-likeness (QED) is 0.670. The van der Waals surface area contributed by atoms with Gasteiger partial charge in [0, 0.05) is 19.6 Å². The van der Waals surface area contributed by atoms with E-state index in [0.717, 1.165) is 0 Å². The summed E-state index contributed by atoms with van der Waals surface area (Å²) in [5, 5.41) is 12.5. The molecule has 1 amide bonds. The number of aliphatic hydroxyl groups is 1. The Bertz CT molecular complexity index is 185. The summed E-state index contributed by atoms with van der Waals surface area (Å²) in [4.78, 5) is 13.0. The van der Waals surface area contributed by atoms with Gasteiger partial charge in [-0.05, 0) is 13.8 Å². The van der Waals surface area contributed by atoms with Crippen LogP contribution in [0.15, 0.2) is 0 Å². The molecular formula is C10H22N2O2. The average molecular weight is 202 g/mol. The Hall–Kier alpha value is -0.610. The fourth-order valence-corrected chi connectivity index (χ4v) is 1.09. The van der Waals surface area contributed by atoms with E-state index in [9.17, 15) is 9.90 Å². The van der Waals surface area contributed by atoms with Gasteiger partial charge in [-0.15, -0.1) is 0 Å². The van der Waals surface area contributed by atoms with Gasteiger partial charge in [0.25, 0.3) is 0 Å². The fourth-order valence-electron chi connectivity index (χ4n) is 1.09. The SMILES string of the molecule is CC(C)NCC(=O)N(C)CC(C)(C)O. The largest absolute Gasteiger partial charge is 0.389 e. The van der Waals surface area contributed by atoms with Crippen molar-refractivity contribution < 1.29 is 9.90 Å². The van der Waals surface area contributed by atoms with Crippen molar-refractivity contribution in [1.29, 1.82) is 0 Å². The van der Waals surface area contributed by atoms with Gasteiger partial charge in [0.1, 0.15) is 0 Å². The Morgan fingerprint density at radius 2 is 2.00 bits per heavy atom. The first-order chi connectivity index (χ1) is 6.22. The minimum Gasteiger partial charge on any atom is -0.389 e. The van der Waals surface area contributed by atoms with Crippen molar-refractivity contribution in [1.82, 2.24) is 10.2 Å². The summed E-state index contributed by atoms with van der Waals surface area (Å²) in [6, 6.07) is 0.300. The highest BCUT2D eigenvalue weighted by atomic mass is 16.3. The third-order valence-corrected chi connectivity index (χ3v) is 1.71. The number of carbonyl (C=O) groups excluding carboxylic acids is 1. The molecule has 0 atom stereocenters. The summed E-state index contributed by atoms with van der Waals surface area (Å²) in [6.07, 6.45) is 0. The van der Waals surface area contributed by atoms with Gasteiger partial charge in [0.15, 0.2) is 0 Å². The lowest BCUT2D eigenvalue weighted by Crippen LogP contribution is -2.44. The van der Waals surface area contributed by atoms with E-state index in [2.05, 4.69) is 5.32 Å². The number of rotatable bonds is 5. The second kappa shape index (κ2) is 5.32. The Morgan fingerprint density at radius 3 is 2.36 bits per heavy atom. The van der Waals surface area contributed by atoms with Crippen LogP contribution in [-0.2, 0) is 4.79 Å². The normalized spacial score (nSPS) is 11.9. The van der Waals surface area contributed by atoms with Crippen LogP contribution in [0, 0.1) is 0 Å². The first-order valence-electron chi connectivity index (χ1n) is 4.92. The van der Waals surface area contributed by atoms with Crippen molar-refractivity contribution in [3.63, 3.8) is 0 Å². The minimum absolute atomic E-state index is 0.000764. The van der Waals surface area contributed by atoms with E-state index in [1.165, 1.54) is 4.90 Å². The van der Waals surface area contributed by atoms with Crippen molar-refractivity contribution in [2.75, 3.05) is 20.1 Å². The fraction of sp³-hybridized carbons (Fsp3) is 0.900. The zero-order valence-corrected chi connectivity index (χ0v) is 9.79. The number of nitrogens with one attached hydrogen (secondary N) is 1. The highest BCUT2D eigenvalue weighted by Crippen LogP contribution is 2.02. The molecule has 0 aromatic rings. The van der Waals surface area contributed by atoms with Gasteiger partial charge >= 0.3 is 0 Å². The smallest absolute Gasteiger partial charge is 0.236 e. The van der Waals surface area contributed by atoms with Gasteiger partial charge in [0.05, 0.1) is 12.1 Å². The Kier molecular flexibility index (Phi) is 5.08. The van der Waals surface area contributed by atoms with Crippen molar-refractivity contribution in [2.45, 2.75) is 39.3 Å². The Labute approximate surface area is 86.3 Å². The number of nitrogens with zero attached hydrogens (tertiary/aromatic N) is 1. The van der Waals surface area contributed by atoms with E-state index in [0.29, 0.717) is 19.1 Å². The second-order valence-corrected chi connectivity index (χ2v) is 4.60. The van der Waals surface area contributed by atoms with Crippen LogP contribution in [0.5, 0.6) is 0 Å². The highest BCUT2D eigenvalue weighted by molar-refractivity contribution is 5.78. The van der Waals surface area contributed by atoms with Gasteiger partial charge in [-0.25, -0.2) is 0 Å². The summed E-state index contributed by atoms with van der Waals surface area (Å²) in [5.74, 6) is 0.000764. The van der Waals surface area contributed by atoms with Crippen LogP contribution >= 0.6 is 0 Å². The number of carbonyl (C=O) groups is 1. The zero-order valence-electron chi connectivity index (χ0n) is 9.79. The zero-order chi connectivity index (χ0) is 11.4. The van der Waals surface area contributed by atoms with Gasteiger partial charge in [-0.3, -0.25) is 4.79 Å². The highest BCUT2D eigenvalue weighted by Gasteiger charge is 2.18. The van der Waals surface area contributed by atoms with E-state index < -0.39 is 5.60 Å². The van der Waals surface area contributed by atoms with Crippen LogP contribution in [0.1, 0.15) is 27.7 Å². The standard InChI is InChI=1S/C10H22N2O2/c1-8(2)11-6-9(13)12(5)7-10(3,4)14/h8,11,14H,6-7H2,1-5H3. The minimum atomic E-state index is -0.831. The molecule has 0 saturated carbocycles. The molecule has 0 spiro atoms. The maximum absolute atomic E-state index is 11.5. The van der Waals surface area contributed by atoms with Gasteiger partial charge in [-0.1, -0.05) is 13.8 Å². The molecule has 0 aliphatic carbocycles. The third kappa shape index (κ3) is 6.86. The van der Waals surface area contributed by atoms with Gasteiger partial charge in [-0.2, -0.15) is 0 Å². The van der Waals surface area contributed by atoms with E-state index in [1.54, 1.807) is 20.9 Å². The van der Waals surface area contributed by atoms with Gasteiger partial charge in [0.2, 0.25) is 5.91 Å².